The summed E-state index contributed by atoms with van der Waals surface area (Å²) in [6.07, 6.45) is 3.94. The minimum absolute atomic E-state index is 0.155. The van der Waals surface area contributed by atoms with Gasteiger partial charge in [0.05, 0.1) is 16.4 Å². The molecule has 0 atom stereocenters. The van der Waals surface area contributed by atoms with Crippen LogP contribution in [0.1, 0.15) is 45.0 Å². The molecule has 0 radical (unpaired) electrons. The van der Waals surface area contributed by atoms with E-state index < -0.39 is 0 Å². The van der Waals surface area contributed by atoms with E-state index in [1.807, 2.05) is 11.7 Å². The summed E-state index contributed by atoms with van der Waals surface area (Å²) in [6, 6.07) is 0. The molecule has 0 amide bonds. The lowest BCUT2D eigenvalue weighted by molar-refractivity contribution is 0.265. The fourth-order valence-electron chi connectivity index (χ4n) is 2.23. The van der Waals surface area contributed by atoms with Crippen LogP contribution in [0.15, 0.2) is 0 Å². The summed E-state index contributed by atoms with van der Waals surface area (Å²) in [6.45, 7) is 7.17. The molecule has 3 nitrogen and oxygen atoms in total. The first kappa shape index (κ1) is 14.5. The predicted molar refractivity (Wildman–Crippen MR) is 73.4 cm³/mol. The van der Waals surface area contributed by atoms with Gasteiger partial charge in [0.15, 0.2) is 0 Å². The normalized spacial score (nSPS) is 12.1. The Labute approximate surface area is 109 Å². The molecule has 4 heteroatoms. The third kappa shape index (κ3) is 2.83. The fourth-order valence-corrected chi connectivity index (χ4v) is 2.59. The van der Waals surface area contributed by atoms with Crippen molar-refractivity contribution in [2.75, 3.05) is 6.54 Å². The maximum Gasteiger partial charge on any atom is 0.0849 e. The van der Waals surface area contributed by atoms with E-state index in [1.54, 1.807) is 0 Å². The third-order valence-corrected chi connectivity index (χ3v) is 4.41. The Morgan fingerprint density at radius 1 is 1.29 bits per heavy atom. The molecule has 0 fully saturated rings. The van der Waals surface area contributed by atoms with Gasteiger partial charge in [-0.3, -0.25) is 4.68 Å². The summed E-state index contributed by atoms with van der Waals surface area (Å²) in [5, 5.41) is 5.29. The van der Waals surface area contributed by atoms with E-state index in [0.717, 1.165) is 42.1 Å². The van der Waals surface area contributed by atoms with Crippen molar-refractivity contribution in [2.24, 2.45) is 18.2 Å². The molecule has 0 spiro atoms. The van der Waals surface area contributed by atoms with Gasteiger partial charge in [-0.1, -0.05) is 32.4 Å². The van der Waals surface area contributed by atoms with Crippen molar-refractivity contribution in [1.82, 2.24) is 9.78 Å². The molecule has 0 unspecified atom stereocenters. The van der Waals surface area contributed by atoms with Crippen LogP contribution in [-0.4, -0.2) is 16.3 Å². The van der Waals surface area contributed by atoms with Gasteiger partial charge < -0.3 is 5.73 Å². The number of hydrogen-bond donors (Lipinski definition) is 1. The fraction of sp³-hybridized carbons (Fsp3) is 0.769. The van der Waals surface area contributed by atoms with Crippen molar-refractivity contribution in [3.63, 3.8) is 0 Å². The molecule has 17 heavy (non-hydrogen) atoms. The maximum atomic E-state index is 6.38. The van der Waals surface area contributed by atoms with Crippen LogP contribution in [0.4, 0.5) is 0 Å². The van der Waals surface area contributed by atoms with Gasteiger partial charge in [0, 0.05) is 7.05 Å². The van der Waals surface area contributed by atoms with Gasteiger partial charge in [-0.15, -0.1) is 0 Å². The Kier molecular flexibility index (Phi) is 5.02. The Morgan fingerprint density at radius 3 is 2.24 bits per heavy atom. The van der Waals surface area contributed by atoms with Crippen LogP contribution in [0, 0.1) is 5.41 Å². The van der Waals surface area contributed by atoms with E-state index in [2.05, 4.69) is 25.9 Å². The number of nitrogens with two attached hydrogens (primary N) is 1. The standard InChI is InChI=1S/C13H24ClN3/c1-5-10-12(14)11(17(4)16-10)8-13(6-2,7-3)9-15/h5-9,15H2,1-4H3. The molecule has 1 aromatic rings. The van der Waals surface area contributed by atoms with E-state index in [0.29, 0.717) is 6.54 Å². The number of aryl methyl sites for hydroxylation is 2. The van der Waals surface area contributed by atoms with Crippen LogP contribution in [0.3, 0.4) is 0 Å². The van der Waals surface area contributed by atoms with Crippen LogP contribution in [0.5, 0.6) is 0 Å². The maximum absolute atomic E-state index is 6.38. The highest BCUT2D eigenvalue weighted by atomic mass is 35.5. The van der Waals surface area contributed by atoms with E-state index in [1.165, 1.54) is 0 Å². The number of nitrogens with zero attached hydrogens (tertiary/aromatic N) is 2. The van der Waals surface area contributed by atoms with Gasteiger partial charge in [0.2, 0.25) is 0 Å². The van der Waals surface area contributed by atoms with Crippen LogP contribution in [0.2, 0.25) is 5.02 Å². The van der Waals surface area contributed by atoms with Gasteiger partial charge in [-0.25, -0.2) is 0 Å². The smallest absolute Gasteiger partial charge is 0.0849 e. The number of hydrogen-bond acceptors (Lipinski definition) is 2. The SMILES string of the molecule is CCc1nn(C)c(CC(CC)(CC)CN)c1Cl. The average molecular weight is 258 g/mol. The summed E-state index contributed by atoms with van der Waals surface area (Å²) >= 11 is 6.38. The van der Waals surface area contributed by atoms with E-state index >= 15 is 0 Å². The highest BCUT2D eigenvalue weighted by molar-refractivity contribution is 6.31. The van der Waals surface area contributed by atoms with Gasteiger partial charge in [-0.2, -0.15) is 5.10 Å². The first-order valence-electron chi connectivity index (χ1n) is 6.43. The minimum atomic E-state index is 0.155. The highest BCUT2D eigenvalue weighted by Gasteiger charge is 2.28. The molecule has 0 aromatic carbocycles. The second-order valence-corrected chi connectivity index (χ2v) is 5.15. The molecule has 1 heterocycles. The lowest BCUT2D eigenvalue weighted by atomic mass is 9.78. The molecule has 1 rings (SSSR count). The number of aromatic nitrogens is 2. The Hall–Kier alpha value is -0.540. The molecular formula is C13H24ClN3. The Morgan fingerprint density at radius 2 is 1.88 bits per heavy atom. The van der Waals surface area contributed by atoms with Crippen molar-refractivity contribution in [3.8, 4) is 0 Å². The van der Waals surface area contributed by atoms with Gasteiger partial charge in [0.25, 0.3) is 0 Å². The molecule has 1 aromatic heterocycles. The Balaban J connectivity index is 3.05. The molecule has 2 N–H and O–H groups in total. The van der Waals surface area contributed by atoms with Crippen LogP contribution in [0.25, 0.3) is 0 Å². The van der Waals surface area contributed by atoms with Gasteiger partial charge in [0.1, 0.15) is 0 Å². The summed E-state index contributed by atoms with van der Waals surface area (Å²) in [5.41, 5.74) is 8.21. The molecule has 0 bridgehead atoms. The molecular weight excluding hydrogens is 234 g/mol. The molecule has 0 saturated carbocycles. The lowest BCUT2D eigenvalue weighted by Crippen LogP contribution is -2.32. The summed E-state index contributed by atoms with van der Waals surface area (Å²) < 4.78 is 1.91. The average Bonchev–Trinajstić information content (AvgIpc) is 2.62. The molecule has 0 saturated heterocycles. The first-order valence-corrected chi connectivity index (χ1v) is 6.81. The summed E-state index contributed by atoms with van der Waals surface area (Å²) in [7, 11) is 1.97. The monoisotopic (exact) mass is 257 g/mol. The summed E-state index contributed by atoms with van der Waals surface area (Å²) in [4.78, 5) is 0. The number of halogens is 1. The van der Waals surface area contributed by atoms with Crippen LogP contribution >= 0.6 is 11.6 Å². The van der Waals surface area contributed by atoms with Crippen molar-refractivity contribution >= 4 is 11.6 Å². The lowest BCUT2D eigenvalue weighted by Gasteiger charge is -2.30. The van der Waals surface area contributed by atoms with E-state index in [9.17, 15) is 0 Å². The molecule has 0 aliphatic rings. The zero-order valence-electron chi connectivity index (χ0n) is 11.4. The van der Waals surface area contributed by atoms with Crippen LogP contribution in [-0.2, 0) is 19.9 Å². The van der Waals surface area contributed by atoms with Crippen molar-refractivity contribution in [2.45, 2.75) is 46.5 Å². The van der Waals surface area contributed by atoms with Crippen molar-refractivity contribution in [1.29, 1.82) is 0 Å². The highest BCUT2D eigenvalue weighted by Crippen LogP contribution is 2.33. The van der Waals surface area contributed by atoms with E-state index in [4.69, 9.17) is 17.3 Å². The first-order chi connectivity index (χ1) is 8.03. The van der Waals surface area contributed by atoms with Crippen molar-refractivity contribution < 1.29 is 0 Å². The second kappa shape index (κ2) is 5.87. The third-order valence-electron chi connectivity index (χ3n) is 3.98. The topological polar surface area (TPSA) is 43.8 Å². The largest absolute Gasteiger partial charge is 0.330 e. The minimum Gasteiger partial charge on any atom is -0.330 e. The predicted octanol–water partition coefficient (Wildman–Crippen LogP) is 2.94. The zero-order chi connectivity index (χ0) is 13.1. The molecule has 0 aliphatic carbocycles. The van der Waals surface area contributed by atoms with Gasteiger partial charge >= 0.3 is 0 Å². The Bertz CT molecular complexity index is 359. The second-order valence-electron chi connectivity index (χ2n) is 4.77. The zero-order valence-corrected chi connectivity index (χ0v) is 12.1. The molecule has 0 aliphatic heterocycles. The number of rotatable bonds is 6. The quantitative estimate of drug-likeness (QED) is 0.852. The van der Waals surface area contributed by atoms with E-state index in [-0.39, 0.29) is 5.41 Å². The summed E-state index contributed by atoms with van der Waals surface area (Å²) in [5.74, 6) is 0. The van der Waals surface area contributed by atoms with Gasteiger partial charge in [-0.05, 0) is 37.6 Å². The molecule has 98 valence electrons. The van der Waals surface area contributed by atoms with Crippen LogP contribution < -0.4 is 5.73 Å². The van der Waals surface area contributed by atoms with Crippen molar-refractivity contribution in [3.05, 3.63) is 16.4 Å².